The number of imide groups is 1. The Bertz CT molecular complexity index is 830. The van der Waals surface area contributed by atoms with Crippen LogP contribution in [0.2, 0.25) is 0 Å². The molecule has 4 amide bonds. The van der Waals surface area contributed by atoms with Crippen molar-refractivity contribution in [3.63, 3.8) is 0 Å². The number of hydrogen-bond donors (Lipinski definition) is 3. The highest BCUT2D eigenvalue weighted by Crippen LogP contribution is 2.27. The summed E-state index contributed by atoms with van der Waals surface area (Å²) in [6, 6.07) is 3.09. The van der Waals surface area contributed by atoms with Crippen molar-refractivity contribution in [2.24, 2.45) is 5.73 Å². The fourth-order valence-electron chi connectivity index (χ4n) is 2.26. The summed E-state index contributed by atoms with van der Waals surface area (Å²) < 4.78 is 7.02. The number of nitrogens with two attached hydrogens (primary N) is 1. The molecular weight excluding hydrogens is 372 g/mol. The van der Waals surface area contributed by atoms with Gasteiger partial charge in [-0.05, 0) is 31.9 Å². The zero-order valence-corrected chi connectivity index (χ0v) is 15.5. The van der Waals surface area contributed by atoms with E-state index >= 15 is 0 Å². The molecular formula is C16H20N6O4S. The topological polar surface area (TPSA) is 145 Å². The van der Waals surface area contributed by atoms with Crippen molar-refractivity contribution in [3.8, 4) is 11.6 Å². The number of carbonyl (C=O) groups excluding carboxylic acids is 3. The van der Waals surface area contributed by atoms with Gasteiger partial charge in [0.1, 0.15) is 0 Å². The molecule has 27 heavy (non-hydrogen) atoms. The molecule has 0 aromatic carbocycles. The predicted molar refractivity (Wildman–Crippen MR) is 96.6 cm³/mol. The molecule has 0 spiro atoms. The molecule has 0 radical (unpaired) electrons. The number of aromatic nitrogens is 3. The molecule has 0 aliphatic heterocycles. The first-order chi connectivity index (χ1) is 12.9. The Labute approximate surface area is 159 Å². The van der Waals surface area contributed by atoms with E-state index in [0.717, 1.165) is 24.6 Å². The SMILES string of the molecule is CC(Sc1nnc(-c2ccco2)n1CCC(N)=O)C(=O)NC(=O)NC1CC1. The van der Waals surface area contributed by atoms with Crippen molar-refractivity contribution in [2.45, 2.75) is 49.2 Å². The molecule has 1 aliphatic rings. The number of primary amides is 1. The second-order valence-corrected chi connectivity index (χ2v) is 7.46. The molecule has 1 atom stereocenters. The number of carbonyl (C=O) groups is 3. The van der Waals surface area contributed by atoms with Gasteiger partial charge in [-0.15, -0.1) is 10.2 Å². The van der Waals surface area contributed by atoms with E-state index in [4.69, 9.17) is 10.2 Å². The lowest BCUT2D eigenvalue weighted by atomic mass is 10.3. The van der Waals surface area contributed by atoms with Gasteiger partial charge in [0.15, 0.2) is 16.7 Å². The fraction of sp³-hybridized carbons (Fsp3) is 0.438. The second-order valence-electron chi connectivity index (χ2n) is 6.15. The summed E-state index contributed by atoms with van der Waals surface area (Å²) in [5, 5.41) is 13.0. The normalized spacial score (nSPS) is 14.6. The Hall–Kier alpha value is -2.82. The zero-order chi connectivity index (χ0) is 19.4. The van der Waals surface area contributed by atoms with E-state index in [1.165, 1.54) is 6.26 Å². The summed E-state index contributed by atoms with van der Waals surface area (Å²) in [5.41, 5.74) is 5.25. The molecule has 0 bridgehead atoms. The Kier molecular flexibility index (Phi) is 5.79. The smallest absolute Gasteiger partial charge is 0.321 e. The van der Waals surface area contributed by atoms with Gasteiger partial charge in [-0.3, -0.25) is 19.5 Å². The molecule has 2 aromatic rings. The van der Waals surface area contributed by atoms with E-state index < -0.39 is 23.1 Å². The number of thioether (sulfide) groups is 1. The molecule has 1 unspecified atom stereocenters. The predicted octanol–water partition coefficient (Wildman–Crippen LogP) is 0.882. The molecule has 0 saturated heterocycles. The molecule has 11 heteroatoms. The van der Waals surface area contributed by atoms with E-state index in [-0.39, 0.29) is 19.0 Å². The third-order valence-corrected chi connectivity index (χ3v) is 4.92. The number of urea groups is 1. The van der Waals surface area contributed by atoms with Crippen LogP contribution in [0, 0.1) is 0 Å². The van der Waals surface area contributed by atoms with Crippen LogP contribution in [-0.2, 0) is 16.1 Å². The first kappa shape index (κ1) is 19.0. The largest absolute Gasteiger partial charge is 0.461 e. The van der Waals surface area contributed by atoms with Crippen molar-refractivity contribution in [3.05, 3.63) is 18.4 Å². The van der Waals surface area contributed by atoms with E-state index in [0.29, 0.717) is 16.7 Å². The summed E-state index contributed by atoms with van der Waals surface area (Å²) >= 11 is 1.13. The van der Waals surface area contributed by atoms with Gasteiger partial charge in [0, 0.05) is 19.0 Å². The van der Waals surface area contributed by atoms with Crippen molar-refractivity contribution >= 4 is 29.6 Å². The highest BCUT2D eigenvalue weighted by atomic mass is 32.2. The lowest BCUT2D eigenvalue weighted by Crippen LogP contribution is -2.43. The van der Waals surface area contributed by atoms with Gasteiger partial charge in [-0.1, -0.05) is 11.8 Å². The highest BCUT2D eigenvalue weighted by Gasteiger charge is 2.26. The summed E-state index contributed by atoms with van der Waals surface area (Å²) in [7, 11) is 0. The minimum atomic E-state index is -0.601. The van der Waals surface area contributed by atoms with Crippen LogP contribution in [0.25, 0.3) is 11.6 Å². The average molecular weight is 392 g/mol. The standard InChI is InChI=1S/C16H20N6O4S/c1-9(14(24)19-15(25)18-10-4-5-10)27-16-21-20-13(11-3-2-8-26-11)22(16)7-6-12(17)23/h2-3,8-10H,4-7H2,1H3,(H2,17,23)(H2,18,19,24,25). The van der Waals surface area contributed by atoms with Crippen LogP contribution >= 0.6 is 11.8 Å². The Morgan fingerprint density at radius 3 is 2.81 bits per heavy atom. The Morgan fingerprint density at radius 2 is 2.19 bits per heavy atom. The van der Waals surface area contributed by atoms with Gasteiger partial charge in [0.25, 0.3) is 0 Å². The van der Waals surface area contributed by atoms with Gasteiger partial charge < -0.3 is 15.5 Å². The number of nitrogens with zero attached hydrogens (tertiary/aromatic N) is 3. The number of amides is 4. The van der Waals surface area contributed by atoms with Crippen LogP contribution in [0.4, 0.5) is 4.79 Å². The van der Waals surface area contributed by atoms with E-state index in [1.807, 2.05) is 0 Å². The van der Waals surface area contributed by atoms with Gasteiger partial charge >= 0.3 is 6.03 Å². The van der Waals surface area contributed by atoms with Gasteiger partial charge in [0.05, 0.1) is 11.5 Å². The maximum Gasteiger partial charge on any atom is 0.321 e. The first-order valence-electron chi connectivity index (χ1n) is 8.47. The molecule has 4 N–H and O–H groups in total. The fourth-order valence-corrected chi connectivity index (χ4v) is 3.14. The average Bonchev–Trinajstić information content (AvgIpc) is 3.10. The Balaban J connectivity index is 1.69. The quantitative estimate of drug-likeness (QED) is 0.565. The molecule has 144 valence electrons. The lowest BCUT2D eigenvalue weighted by molar-refractivity contribution is -0.119. The van der Waals surface area contributed by atoms with Crippen LogP contribution < -0.4 is 16.4 Å². The zero-order valence-electron chi connectivity index (χ0n) is 14.7. The molecule has 10 nitrogen and oxygen atoms in total. The van der Waals surface area contributed by atoms with Gasteiger partial charge in [-0.2, -0.15) is 0 Å². The van der Waals surface area contributed by atoms with Crippen LogP contribution in [-0.4, -0.2) is 43.9 Å². The molecule has 1 fully saturated rings. The molecule has 2 aromatic heterocycles. The van der Waals surface area contributed by atoms with Crippen molar-refractivity contribution in [1.29, 1.82) is 0 Å². The molecule has 2 heterocycles. The van der Waals surface area contributed by atoms with E-state index in [1.54, 1.807) is 23.6 Å². The van der Waals surface area contributed by atoms with Crippen LogP contribution in [0.15, 0.2) is 28.0 Å². The van der Waals surface area contributed by atoms with Crippen LogP contribution in [0.5, 0.6) is 0 Å². The minimum Gasteiger partial charge on any atom is -0.461 e. The van der Waals surface area contributed by atoms with Crippen molar-refractivity contribution in [2.75, 3.05) is 0 Å². The minimum absolute atomic E-state index is 0.0870. The van der Waals surface area contributed by atoms with Crippen molar-refractivity contribution < 1.29 is 18.8 Å². The number of nitrogens with one attached hydrogen (secondary N) is 2. The number of hydrogen-bond acceptors (Lipinski definition) is 7. The highest BCUT2D eigenvalue weighted by molar-refractivity contribution is 8.00. The first-order valence-corrected chi connectivity index (χ1v) is 9.35. The molecule has 3 rings (SSSR count). The summed E-state index contributed by atoms with van der Waals surface area (Å²) in [6.07, 6.45) is 3.46. The molecule has 1 saturated carbocycles. The summed E-state index contributed by atoms with van der Waals surface area (Å²) in [4.78, 5) is 35.1. The van der Waals surface area contributed by atoms with E-state index in [2.05, 4.69) is 20.8 Å². The third kappa shape index (κ3) is 5.09. The maximum atomic E-state index is 12.2. The summed E-state index contributed by atoms with van der Waals surface area (Å²) in [5.74, 6) is 0.0114. The summed E-state index contributed by atoms with van der Waals surface area (Å²) in [6.45, 7) is 1.90. The van der Waals surface area contributed by atoms with E-state index in [9.17, 15) is 14.4 Å². The number of furan rings is 1. The van der Waals surface area contributed by atoms with Crippen molar-refractivity contribution in [1.82, 2.24) is 25.4 Å². The van der Waals surface area contributed by atoms with Crippen LogP contribution in [0.1, 0.15) is 26.2 Å². The monoisotopic (exact) mass is 392 g/mol. The Morgan fingerprint density at radius 1 is 1.41 bits per heavy atom. The third-order valence-electron chi connectivity index (χ3n) is 3.84. The molecule has 1 aliphatic carbocycles. The maximum absolute atomic E-state index is 12.2. The van der Waals surface area contributed by atoms with Crippen LogP contribution in [0.3, 0.4) is 0 Å². The van der Waals surface area contributed by atoms with Gasteiger partial charge in [0.2, 0.25) is 11.8 Å². The van der Waals surface area contributed by atoms with Gasteiger partial charge in [-0.25, -0.2) is 4.79 Å². The lowest BCUT2D eigenvalue weighted by Gasteiger charge is -2.12. The second kappa shape index (κ2) is 8.25. The number of rotatable bonds is 8.